The van der Waals surface area contributed by atoms with Crippen LogP contribution in [0, 0.1) is 0 Å². The van der Waals surface area contributed by atoms with Crippen molar-refractivity contribution in [3.63, 3.8) is 0 Å². The van der Waals surface area contributed by atoms with Crippen molar-refractivity contribution in [3.05, 3.63) is 72.6 Å². The smallest absolute Gasteiger partial charge is 0.178 e. The van der Waals surface area contributed by atoms with Crippen LogP contribution in [0.4, 0.5) is 5.69 Å². The van der Waals surface area contributed by atoms with Crippen molar-refractivity contribution in [2.24, 2.45) is 0 Å². The van der Waals surface area contributed by atoms with Crippen LogP contribution in [0.3, 0.4) is 0 Å². The molecule has 3 aromatic heterocycles. The van der Waals surface area contributed by atoms with Gasteiger partial charge in [-0.15, -0.1) is 5.10 Å². The Kier molecular flexibility index (Phi) is 4.56. The number of hydrogen-bond acceptors (Lipinski definition) is 5. The summed E-state index contributed by atoms with van der Waals surface area (Å²) in [5.41, 5.74) is 11.3. The lowest BCUT2D eigenvalue weighted by molar-refractivity contribution is 0.304. The molecule has 5 rings (SSSR count). The van der Waals surface area contributed by atoms with Crippen LogP contribution < -0.4 is 15.8 Å². The summed E-state index contributed by atoms with van der Waals surface area (Å²) >= 11 is 0. The molecule has 2 aromatic carbocycles. The van der Waals surface area contributed by atoms with E-state index < -0.39 is 7.14 Å². The van der Waals surface area contributed by atoms with Gasteiger partial charge in [-0.05, 0) is 42.7 Å². The Hall–Kier alpha value is -3.57. The number of H-pyrrole nitrogens is 1. The number of aromatic nitrogens is 4. The number of aromatic amines is 1. The highest BCUT2D eigenvalue weighted by atomic mass is 31.2. The van der Waals surface area contributed by atoms with Crippen LogP contribution in [0.1, 0.15) is 5.56 Å². The maximum atomic E-state index is 12.5. The first-order valence-corrected chi connectivity index (χ1v) is 12.5. The lowest BCUT2D eigenvalue weighted by atomic mass is 10.0. The first-order valence-electron chi connectivity index (χ1n) is 9.88. The van der Waals surface area contributed by atoms with E-state index in [-0.39, 0.29) is 0 Å². The predicted molar refractivity (Wildman–Crippen MR) is 125 cm³/mol. The number of ether oxygens (including phenoxy) is 1. The van der Waals surface area contributed by atoms with Crippen molar-refractivity contribution in [2.45, 2.75) is 6.61 Å². The molecule has 0 saturated carbocycles. The van der Waals surface area contributed by atoms with E-state index in [9.17, 15) is 4.57 Å². The minimum Gasteiger partial charge on any atom is -0.487 e. The first kappa shape index (κ1) is 19.4. The van der Waals surface area contributed by atoms with Crippen LogP contribution in [0.5, 0.6) is 5.75 Å². The molecule has 0 aliphatic rings. The minimum absolute atomic E-state index is 0.447. The molecule has 5 aromatic rings. The van der Waals surface area contributed by atoms with Gasteiger partial charge < -0.3 is 15.0 Å². The Labute approximate surface area is 179 Å². The number of rotatable bonds is 5. The summed E-state index contributed by atoms with van der Waals surface area (Å²) in [4.78, 5) is 0. The summed E-state index contributed by atoms with van der Waals surface area (Å²) in [6.07, 6.45) is 3.62. The average molecular weight is 431 g/mol. The van der Waals surface area contributed by atoms with Crippen molar-refractivity contribution in [3.8, 4) is 16.9 Å². The third-order valence-electron chi connectivity index (χ3n) is 5.27. The van der Waals surface area contributed by atoms with Gasteiger partial charge in [-0.25, -0.2) is 4.52 Å². The summed E-state index contributed by atoms with van der Waals surface area (Å²) in [5.74, 6) is 0.684. The summed E-state index contributed by atoms with van der Waals surface area (Å²) in [7, 11) is -2.47. The number of anilines is 1. The molecule has 8 heteroatoms. The maximum Gasteiger partial charge on any atom is 0.178 e. The van der Waals surface area contributed by atoms with Crippen molar-refractivity contribution >= 4 is 34.7 Å². The molecule has 0 atom stereocenters. The zero-order valence-corrected chi connectivity index (χ0v) is 18.1. The van der Waals surface area contributed by atoms with Gasteiger partial charge >= 0.3 is 0 Å². The Morgan fingerprint density at radius 3 is 2.68 bits per heavy atom. The highest BCUT2D eigenvalue weighted by Gasteiger charge is 2.18. The quantitative estimate of drug-likeness (QED) is 0.320. The van der Waals surface area contributed by atoms with Crippen LogP contribution >= 0.6 is 7.14 Å². The standard InChI is InChI=1S/C23H22N5O2P/c1-31(2,29)21-9-8-16(10-20(21)24)18-11-17(30-14-15-6-4-3-5-7-15)13-28-22(18)19-12-25-26-23(19)27-28/h3-13H,14,24H2,1-2H3,(H,26,27). The fourth-order valence-electron chi connectivity index (χ4n) is 3.79. The van der Waals surface area contributed by atoms with Crippen LogP contribution in [0.25, 0.3) is 27.7 Å². The molecule has 0 aliphatic carbocycles. The van der Waals surface area contributed by atoms with Crippen LogP contribution in [0.15, 0.2) is 67.0 Å². The van der Waals surface area contributed by atoms with Crippen LogP contribution in [-0.2, 0) is 11.2 Å². The highest BCUT2D eigenvalue weighted by Crippen LogP contribution is 2.39. The molecule has 31 heavy (non-hydrogen) atoms. The van der Waals surface area contributed by atoms with E-state index in [4.69, 9.17) is 10.5 Å². The maximum absolute atomic E-state index is 12.5. The first-order chi connectivity index (χ1) is 14.9. The third-order valence-corrected chi connectivity index (χ3v) is 6.84. The third kappa shape index (κ3) is 3.57. The van der Waals surface area contributed by atoms with Gasteiger partial charge in [0.2, 0.25) is 0 Å². The molecule has 0 spiro atoms. The van der Waals surface area contributed by atoms with Gasteiger partial charge in [-0.3, -0.25) is 5.10 Å². The van der Waals surface area contributed by atoms with Crippen LogP contribution in [-0.4, -0.2) is 33.1 Å². The van der Waals surface area contributed by atoms with Gasteiger partial charge in [-0.1, -0.05) is 36.4 Å². The second-order valence-corrected chi connectivity index (χ2v) is 11.1. The van der Waals surface area contributed by atoms with E-state index in [1.807, 2.05) is 60.8 Å². The van der Waals surface area contributed by atoms with Crippen molar-refractivity contribution in [1.29, 1.82) is 0 Å². The molecule has 156 valence electrons. The summed E-state index contributed by atoms with van der Waals surface area (Å²) in [5, 5.41) is 13.2. The number of hydrogen-bond donors (Lipinski definition) is 2. The summed E-state index contributed by atoms with van der Waals surface area (Å²) < 4.78 is 20.4. The molecule has 0 aliphatic heterocycles. The van der Waals surface area contributed by atoms with E-state index in [1.165, 1.54) is 0 Å². The Morgan fingerprint density at radius 1 is 1.13 bits per heavy atom. The normalized spacial score (nSPS) is 11.9. The summed E-state index contributed by atoms with van der Waals surface area (Å²) in [6.45, 7) is 3.89. The van der Waals surface area contributed by atoms with E-state index in [2.05, 4.69) is 15.3 Å². The number of nitrogen functional groups attached to an aromatic ring is 1. The molecule has 0 fully saturated rings. The molecule has 7 nitrogen and oxygen atoms in total. The lowest BCUT2D eigenvalue weighted by Gasteiger charge is -2.14. The van der Waals surface area contributed by atoms with Gasteiger partial charge in [0.05, 0.1) is 23.3 Å². The monoisotopic (exact) mass is 431 g/mol. The molecule has 3 heterocycles. The minimum atomic E-state index is -2.47. The van der Waals surface area contributed by atoms with E-state index in [0.29, 0.717) is 29.0 Å². The van der Waals surface area contributed by atoms with Crippen molar-refractivity contribution in [1.82, 2.24) is 19.8 Å². The predicted octanol–water partition coefficient (Wildman–Crippen LogP) is 4.29. The van der Waals surface area contributed by atoms with Gasteiger partial charge in [0.25, 0.3) is 0 Å². The second-order valence-electron chi connectivity index (χ2n) is 7.91. The highest BCUT2D eigenvalue weighted by molar-refractivity contribution is 7.70. The van der Waals surface area contributed by atoms with Crippen molar-refractivity contribution in [2.75, 3.05) is 19.1 Å². The Balaban J connectivity index is 1.64. The topological polar surface area (TPSA) is 98.3 Å². The molecule has 0 radical (unpaired) electrons. The molecule has 0 amide bonds. The zero-order chi connectivity index (χ0) is 21.6. The molecule has 3 N–H and O–H groups in total. The number of nitrogens with two attached hydrogens (primary N) is 1. The largest absolute Gasteiger partial charge is 0.487 e. The van der Waals surface area contributed by atoms with Gasteiger partial charge in [0.15, 0.2) is 5.65 Å². The lowest BCUT2D eigenvalue weighted by Crippen LogP contribution is -2.09. The molecular weight excluding hydrogens is 409 g/mol. The van der Waals surface area contributed by atoms with Gasteiger partial charge in [0, 0.05) is 16.6 Å². The van der Waals surface area contributed by atoms with E-state index >= 15 is 0 Å². The van der Waals surface area contributed by atoms with Gasteiger partial charge in [0.1, 0.15) is 19.5 Å². The van der Waals surface area contributed by atoms with Crippen LogP contribution in [0.2, 0.25) is 0 Å². The SMILES string of the molecule is CP(C)(=O)c1ccc(-c2cc(OCc3ccccc3)cn3nc4[nH]ncc4c23)cc1N. The molecule has 0 saturated heterocycles. The average Bonchev–Trinajstić information content (AvgIpc) is 3.32. The number of nitrogens with zero attached hydrogens (tertiary/aromatic N) is 3. The van der Waals surface area contributed by atoms with Gasteiger partial charge in [-0.2, -0.15) is 5.10 Å². The Morgan fingerprint density at radius 2 is 1.94 bits per heavy atom. The van der Waals surface area contributed by atoms with E-state index in [1.54, 1.807) is 24.0 Å². The number of benzene rings is 2. The fourth-order valence-corrected chi connectivity index (χ4v) is 4.91. The molecule has 0 bridgehead atoms. The fraction of sp³-hybridized carbons (Fsp3) is 0.130. The van der Waals surface area contributed by atoms with Crippen molar-refractivity contribution < 1.29 is 9.30 Å². The Bertz CT molecular complexity index is 1450. The number of nitrogens with one attached hydrogen (secondary N) is 1. The molecule has 0 unspecified atom stereocenters. The second kappa shape index (κ2) is 7.29. The zero-order valence-electron chi connectivity index (χ0n) is 17.2. The number of fused-ring (bicyclic) bond motifs is 3. The summed E-state index contributed by atoms with van der Waals surface area (Å²) in [6, 6.07) is 17.6. The molecular formula is C23H22N5O2P. The van der Waals surface area contributed by atoms with E-state index in [0.717, 1.165) is 27.6 Å². The number of pyridine rings is 1.